The summed E-state index contributed by atoms with van der Waals surface area (Å²) in [6.45, 7) is 24.3. The van der Waals surface area contributed by atoms with Crippen LogP contribution in [0.15, 0.2) is 340 Å². The number of allylic oxidation sites excluding steroid dienone is 4. The molecule has 0 unspecified atom stereocenters. The Morgan fingerprint density at radius 1 is 0.336 bits per heavy atom. The third-order valence-electron chi connectivity index (χ3n) is 17.4. The number of carbonyl (C=O) groups excluding carboxylic acids is 2. The van der Waals surface area contributed by atoms with E-state index in [9.17, 15) is 19.8 Å². The van der Waals surface area contributed by atoms with Gasteiger partial charge in [0.15, 0.2) is 11.6 Å². The molecule has 0 spiro atoms. The molecule has 602 valence electrons. The molecule has 0 fully saturated rings. The molecule has 116 heavy (non-hydrogen) atoms. The average molecular weight is 2240 g/mol. The maximum Gasteiger partial charge on any atom is 0.164 e. The summed E-state index contributed by atoms with van der Waals surface area (Å²) in [5.41, 5.74) is 18.9. The van der Waals surface area contributed by atoms with E-state index in [0.717, 1.165) is 78.8 Å². The summed E-state index contributed by atoms with van der Waals surface area (Å²) in [6, 6.07) is 107. The minimum atomic E-state index is -0.417. The zero-order chi connectivity index (χ0) is 80.3. The number of aliphatic hydroxyl groups excluding tert-OH is 2. The summed E-state index contributed by atoms with van der Waals surface area (Å²) in [5, 5.41) is 23.3. The van der Waals surface area contributed by atoms with Crippen molar-refractivity contribution in [3.05, 3.63) is 370 Å². The van der Waals surface area contributed by atoms with Gasteiger partial charge in [0.1, 0.15) is 11.5 Å². The van der Waals surface area contributed by atoms with Crippen molar-refractivity contribution in [1.29, 1.82) is 0 Å². The van der Waals surface area contributed by atoms with Crippen LogP contribution < -0.4 is 4.90 Å². The molecule has 16 heteroatoms. The van der Waals surface area contributed by atoms with E-state index in [4.69, 9.17) is 0 Å². The molecule has 4 radical (unpaired) electrons. The topological polar surface area (TPSA) is 160 Å². The van der Waals surface area contributed by atoms with Crippen LogP contribution in [0.1, 0.15) is 88.6 Å². The molecule has 0 bridgehead atoms. The zero-order valence-corrected chi connectivity index (χ0v) is 77.4. The molecule has 2 N–H and O–H groups in total. The van der Waals surface area contributed by atoms with Crippen LogP contribution >= 0.6 is 0 Å². The standard InChI is InChI=1S/C29H21N2.C17H12N.C16H14N3.C16H11N2.2C11H20O2.4Ir/c1-4-11-23(12-5-1)24-13-10-14-25(21-24)29-22-28(19-20-30-29)31(26-15-6-2-7-16-26)27-17-8-3-9-18-27;1-2-7-14(8-3-1)15-9-6-10-16(13-15)17-11-4-5-12-18-17;1-12-6-8-17-15(10-12)13-4-3-5-14(11-13)16-7-9-18-19(16)2;1-2-6-13(7-3-1)14-8-4-9-15(12-14)16-17-10-5-11-18-16;2*1-10(2,3)8(12)7-9(13)11(4,5)6;;;;/h1-13,15-22H;1-9,11-13H;3,5-11H,1-2H3;1-8,10-12H;2*7,12H,1-6H3;;;;/q4*-1;;;;;;. The van der Waals surface area contributed by atoms with E-state index in [1.165, 1.54) is 40.0 Å². The first kappa shape index (κ1) is 96.1. The van der Waals surface area contributed by atoms with Crippen LogP contribution in [-0.4, -0.2) is 56.5 Å². The molecule has 5 heterocycles. The number of hydrogen-bond donors (Lipinski definition) is 2. The fraction of sp³-hybridized carbons (Fsp3) is 0.180. The molecule has 14 aromatic rings. The van der Waals surface area contributed by atoms with Gasteiger partial charge >= 0.3 is 0 Å². The van der Waals surface area contributed by atoms with Crippen molar-refractivity contribution in [2.24, 2.45) is 28.7 Å². The molecule has 5 aromatic heterocycles. The first-order valence-corrected chi connectivity index (χ1v) is 37.2. The number of benzene rings is 9. The Bertz CT molecular complexity index is 5040. The van der Waals surface area contributed by atoms with Crippen molar-refractivity contribution >= 4 is 28.6 Å². The third kappa shape index (κ3) is 29.7. The molecule has 0 atom stereocenters. The van der Waals surface area contributed by atoms with Gasteiger partial charge in [-0.15, -0.1) is 136 Å². The van der Waals surface area contributed by atoms with Crippen LogP contribution in [0.2, 0.25) is 0 Å². The second-order valence-corrected chi connectivity index (χ2v) is 30.6. The van der Waals surface area contributed by atoms with Gasteiger partial charge in [0.05, 0.1) is 5.82 Å². The van der Waals surface area contributed by atoms with Crippen LogP contribution in [0.4, 0.5) is 17.1 Å². The molecule has 14 rings (SSSR count). The predicted molar refractivity (Wildman–Crippen MR) is 459 cm³/mol. The van der Waals surface area contributed by atoms with Crippen molar-refractivity contribution in [3.63, 3.8) is 0 Å². The molecular weight excluding hydrogens is 2150 g/mol. The molecule has 0 aliphatic carbocycles. The molecule has 0 saturated heterocycles. The summed E-state index contributed by atoms with van der Waals surface area (Å²) in [5.74, 6) is 0.912. The Hall–Kier alpha value is -10.5. The van der Waals surface area contributed by atoms with Gasteiger partial charge in [0.25, 0.3) is 0 Å². The largest absolute Gasteiger partial charge is 0.512 e. The minimum Gasteiger partial charge on any atom is -0.512 e. The number of aryl methyl sites for hydroxylation is 2. The Morgan fingerprint density at radius 3 is 1.08 bits per heavy atom. The number of aromatic nitrogens is 7. The van der Waals surface area contributed by atoms with E-state index in [1.807, 2.05) is 241 Å². The van der Waals surface area contributed by atoms with Gasteiger partial charge in [0.2, 0.25) is 0 Å². The minimum absolute atomic E-state index is 0. The smallest absolute Gasteiger partial charge is 0.164 e. The summed E-state index contributed by atoms with van der Waals surface area (Å²) in [4.78, 5) is 47.1. The van der Waals surface area contributed by atoms with Gasteiger partial charge < -0.3 is 30.1 Å². The second-order valence-electron chi connectivity index (χ2n) is 30.6. The van der Waals surface area contributed by atoms with Gasteiger partial charge in [-0.1, -0.05) is 246 Å². The first-order chi connectivity index (χ1) is 53.6. The fourth-order valence-corrected chi connectivity index (χ4v) is 10.8. The Balaban J connectivity index is 0.000000254. The van der Waals surface area contributed by atoms with E-state index >= 15 is 0 Å². The Kier molecular flexibility index (Phi) is 38.4. The van der Waals surface area contributed by atoms with Crippen LogP contribution in [0.3, 0.4) is 0 Å². The maximum atomic E-state index is 11.5. The monoisotopic (exact) mass is 2250 g/mol. The molecule has 0 saturated carbocycles. The van der Waals surface area contributed by atoms with E-state index in [1.54, 1.807) is 24.8 Å². The number of aliphatic hydroxyl groups is 2. The molecule has 12 nitrogen and oxygen atoms in total. The molecule has 9 aromatic carbocycles. The van der Waals surface area contributed by atoms with Crippen LogP contribution in [0, 0.1) is 52.8 Å². The Labute approximate surface area is 740 Å². The number of ketones is 2. The first-order valence-electron chi connectivity index (χ1n) is 37.2. The third-order valence-corrected chi connectivity index (χ3v) is 17.4. The van der Waals surface area contributed by atoms with E-state index in [-0.39, 0.29) is 114 Å². The van der Waals surface area contributed by atoms with Crippen LogP contribution in [0.25, 0.3) is 89.8 Å². The van der Waals surface area contributed by atoms with E-state index in [2.05, 4.69) is 212 Å². The summed E-state index contributed by atoms with van der Waals surface area (Å²) >= 11 is 0. The van der Waals surface area contributed by atoms with Crippen molar-refractivity contribution < 1.29 is 100 Å². The SMILES string of the molecule is CC(C)(C)C(=O)C=C(O)C(C)(C)C.CC(C)(C)C(=O)C=C(O)C(C)(C)C.Cc1ccnc(-c2[c-]ccc(-c3ccnn3C)c2)c1.[Ir].[Ir].[Ir].[Ir].[c-]1ccc(-c2ccccc2)cc1-c1cc(N(c2ccccc2)c2ccccc2)ccn1.[c-]1ccc(-c2ccccc2)cc1-c1ccccn1.[c-]1ccc(-c2ccccc2)cc1-c1ncccn1. The number of carbonyl (C=O) groups is 2. The van der Waals surface area contributed by atoms with Crippen molar-refractivity contribution in [2.45, 2.75) is 90.0 Å². The predicted octanol–water partition coefficient (Wildman–Crippen LogP) is 24.9. The molecule has 0 amide bonds. The summed E-state index contributed by atoms with van der Waals surface area (Å²) < 4.78 is 1.86. The van der Waals surface area contributed by atoms with Crippen molar-refractivity contribution in [3.8, 4) is 89.8 Å². The van der Waals surface area contributed by atoms with Gasteiger partial charge in [-0.2, -0.15) is 5.10 Å². The van der Waals surface area contributed by atoms with Crippen LogP contribution in [-0.2, 0) is 97.1 Å². The normalized spacial score (nSPS) is 11.0. The summed E-state index contributed by atoms with van der Waals surface area (Å²) in [6.07, 6.45) is 13.5. The maximum absolute atomic E-state index is 11.5. The number of pyridine rings is 3. The van der Waals surface area contributed by atoms with Crippen molar-refractivity contribution in [1.82, 2.24) is 34.7 Å². The number of anilines is 3. The molecule has 0 aliphatic heterocycles. The van der Waals surface area contributed by atoms with E-state index in [0.29, 0.717) is 5.82 Å². The average Bonchev–Trinajstić information content (AvgIpc) is 0.867. The van der Waals surface area contributed by atoms with Crippen molar-refractivity contribution in [2.75, 3.05) is 4.90 Å². The Morgan fingerprint density at radius 2 is 0.690 bits per heavy atom. The fourth-order valence-electron chi connectivity index (χ4n) is 10.8. The van der Waals surface area contributed by atoms with E-state index < -0.39 is 10.8 Å². The van der Waals surface area contributed by atoms with Crippen LogP contribution in [0.5, 0.6) is 0 Å². The quantitative estimate of drug-likeness (QED) is 0.0642. The van der Waals surface area contributed by atoms with Gasteiger partial charge in [0, 0.05) is 181 Å². The molecule has 0 aliphatic rings. The zero-order valence-electron chi connectivity index (χ0n) is 67.8. The van der Waals surface area contributed by atoms with Gasteiger partial charge in [-0.05, 0) is 95.3 Å². The number of para-hydroxylation sites is 2. The molecular formula is C100H98Ir4N8O4-4. The number of hydrogen-bond acceptors (Lipinski definition) is 11. The van der Waals surface area contributed by atoms with Gasteiger partial charge in [-0.3, -0.25) is 24.2 Å². The number of rotatable bonds is 13. The second kappa shape index (κ2) is 46.3. The number of nitrogens with zero attached hydrogens (tertiary/aromatic N) is 8. The summed E-state index contributed by atoms with van der Waals surface area (Å²) in [7, 11) is 1.94. The van der Waals surface area contributed by atoms with Gasteiger partial charge in [-0.25, -0.2) is 0 Å².